The van der Waals surface area contributed by atoms with Crippen LogP contribution < -0.4 is 14.9 Å². The SMILES string of the molecule is CCCOC(=O)/N=C(\N)c1ccc(CCc2nc3cc(N(CCN(C)C)S(=O)(=O)c4cccc5c(N(C)C)cccc45)ccc3n2C)cc1. The van der Waals surface area contributed by atoms with Gasteiger partial charge in [0.05, 0.1) is 28.2 Å². The fourth-order valence-corrected chi connectivity index (χ4v) is 7.43. The molecule has 0 unspecified atom stereocenters. The van der Waals surface area contributed by atoms with Gasteiger partial charge in [-0.15, -0.1) is 0 Å². The number of aryl methyl sites for hydroxylation is 3. The molecule has 258 valence electrons. The van der Waals surface area contributed by atoms with E-state index < -0.39 is 16.1 Å². The van der Waals surface area contributed by atoms with Crippen molar-refractivity contribution in [2.75, 3.05) is 57.1 Å². The number of aliphatic imine (C=N–C) groups is 1. The van der Waals surface area contributed by atoms with Crippen LogP contribution in [0.4, 0.5) is 16.2 Å². The third-order valence-electron chi connectivity index (χ3n) is 8.43. The van der Waals surface area contributed by atoms with E-state index in [1.165, 1.54) is 4.31 Å². The van der Waals surface area contributed by atoms with Gasteiger partial charge in [0.1, 0.15) is 11.7 Å². The van der Waals surface area contributed by atoms with Crippen molar-refractivity contribution in [2.45, 2.75) is 31.1 Å². The van der Waals surface area contributed by atoms with Gasteiger partial charge in [0, 0.05) is 62.7 Å². The number of carbonyl (C=O) groups excluding carboxylic acids is 1. The second-order valence-electron chi connectivity index (χ2n) is 12.5. The van der Waals surface area contributed by atoms with E-state index in [0.717, 1.165) is 39.9 Å². The maximum absolute atomic E-state index is 14.5. The van der Waals surface area contributed by atoms with E-state index in [1.54, 1.807) is 12.1 Å². The summed E-state index contributed by atoms with van der Waals surface area (Å²) < 4.78 is 37.5. The summed E-state index contributed by atoms with van der Waals surface area (Å²) >= 11 is 0. The predicted octanol–water partition coefficient (Wildman–Crippen LogP) is 5.59. The predicted molar refractivity (Wildman–Crippen MR) is 198 cm³/mol. The van der Waals surface area contributed by atoms with Crippen LogP contribution in [0.3, 0.4) is 0 Å². The van der Waals surface area contributed by atoms with Crippen LogP contribution in [0.1, 0.15) is 30.3 Å². The molecule has 12 heteroatoms. The standard InChI is InChI=1S/C37H45N7O4S/c1-7-24-48-37(45)40-36(38)27-17-14-26(15-18-27)16-21-35-39-31-25-28(19-20-33(31)43(35)6)44(23-22-41(2)3)49(46,47)34-13-9-10-29-30(34)11-8-12-32(29)42(4)5/h8-15,17-20,25H,7,16,21-24H2,1-6H3,(H2,38,40,45). The summed E-state index contributed by atoms with van der Waals surface area (Å²) in [6.07, 6.45) is 1.40. The Balaban J connectivity index is 1.41. The molecule has 1 aromatic heterocycles. The Morgan fingerprint density at radius 2 is 1.63 bits per heavy atom. The van der Waals surface area contributed by atoms with E-state index in [4.69, 9.17) is 15.5 Å². The fraction of sp³-hybridized carbons (Fsp3) is 0.324. The van der Waals surface area contributed by atoms with Crippen LogP contribution >= 0.6 is 0 Å². The molecule has 0 aliphatic rings. The lowest BCUT2D eigenvalue weighted by atomic mass is 10.1. The summed E-state index contributed by atoms with van der Waals surface area (Å²) in [5.41, 5.74) is 10.9. The highest BCUT2D eigenvalue weighted by atomic mass is 32.2. The number of sulfonamides is 1. The van der Waals surface area contributed by atoms with E-state index in [-0.39, 0.29) is 17.3 Å². The molecule has 0 spiro atoms. The van der Waals surface area contributed by atoms with Crippen molar-refractivity contribution in [3.8, 4) is 0 Å². The van der Waals surface area contributed by atoms with Gasteiger partial charge in [0.2, 0.25) is 0 Å². The molecule has 1 amide bonds. The maximum atomic E-state index is 14.5. The number of hydrogen-bond acceptors (Lipinski definition) is 7. The Morgan fingerprint density at radius 1 is 0.918 bits per heavy atom. The van der Waals surface area contributed by atoms with Crippen molar-refractivity contribution in [3.05, 3.63) is 95.8 Å². The summed E-state index contributed by atoms with van der Waals surface area (Å²) in [4.78, 5) is 24.8. The summed E-state index contributed by atoms with van der Waals surface area (Å²) in [7, 11) is 5.79. The second kappa shape index (κ2) is 15.1. The maximum Gasteiger partial charge on any atom is 0.435 e. The number of hydrogen-bond donors (Lipinski definition) is 1. The molecule has 11 nitrogen and oxygen atoms in total. The topological polar surface area (TPSA) is 126 Å². The molecule has 1 heterocycles. The van der Waals surface area contributed by atoms with E-state index in [1.807, 2.05) is 123 Å². The molecule has 0 radical (unpaired) electrons. The Bertz CT molecular complexity index is 2090. The minimum absolute atomic E-state index is 0.110. The monoisotopic (exact) mass is 683 g/mol. The number of fused-ring (bicyclic) bond motifs is 2. The third-order valence-corrected chi connectivity index (χ3v) is 10.3. The van der Waals surface area contributed by atoms with Gasteiger partial charge in [-0.05, 0) is 62.8 Å². The summed E-state index contributed by atoms with van der Waals surface area (Å²) in [5.74, 6) is 0.989. The van der Waals surface area contributed by atoms with Crippen LogP contribution in [0.5, 0.6) is 0 Å². The number of amides is 1. The smallest absolute Gasteiger partial charge is 0.435 e. The molecule has 0 bridgehead atoms. The highest BCUT2D eigenvalue weighted by molar-refractivity contribution is 7.93. The number of likely N-dealkylation sites (N-methyl/N-ethyl adjacent to an activating group) is 1. The van der Waals surface area contributed by atoms with Crippen LogP contribution in [0, 0.1) is 0 Å². The first-order valence-corrected chi connectivity index (χ1v) is 17.8. The molecule has 0 aliphatic heterocycles. The summed E-state index contributed by atoms with van der Waals surface area (Å²) in [6.45, 7) is 3.02. The van der Waals surface area contributed by atoms with E-state index in [2.05, 4.69) is 4.99 Å². The lowest BCUT2D eigenvalue weighted by molar-refractivity contribution is 0.157. The molecule has 0 saturated heterocycles. The van der Waals surface area contributed by atoms with Gasteiger partial charge in [-0.3, -0.25) is 4.31 Å². The number of nitrogens with zero attached hydrogens (tertiary/aromatic N) is 6. The van der Waals surface area contributed by atoms with Gasteiger partial charge < -0.3 is 24.8 Å². The number of anilines is 2. The Hall–Kier alpha value is -4.94. The lowest BCUT2D eigenvalue weighted by Crippen LogP contribution is -2.36. The molecule has 0 fully saturated rings. The van der Waals surface area contributed by atoms with Crippen molar-refractivity contribution >= 4 is 55.1 Å². The number of carbonyl (C=O) groups is 1. The van der Waals surface area contributed by atoms with Crippen molar-refractivity contribution in [1.29, 1.82) is 0 Å². The summed E-state index contributed by atoms with van der Waals surface area (Å²) in [6, 6.07) is 24.5. The van der Waals surface area contributed by atoms with Crippen molar-refractivity contribution in [2.24, 2.45) is 17.8 Å². The fourth-order valence-electron chi connectivity index (χ4n) is 5.78. The van der Waals surface area contributed by atoms with Crippen LogP contribution in [-0.2, 0) is 34.6 Å². The minimum Gasteiger partial charge on any atom is -0.448 e. The molecule has 4 aromatic carbocycles. The van der Waals surface area contributed by atoms with Crippen molar-refractivity contribution < 1.29 is 17.9 Å². The number of ether oxygens (including phenoxy) is 1. The average Bonchev–Trinajstić information content (AvgIpc) is 3.39. The first kappa shape index (κ1) is 35.4. The van der Waals surface area contributed by atoms with Crippen LogP contribution in [0.2, 0.25) is 0 Å². The molecule has 2 N–H and O–H groups in total. The van der Waals surface area contributed by atoms with E-state index >= 15 is 0 Å². The molecule has 5 aromatic rings. The van der Waals surface area contributed by atoms with Gasteiger partial charge in [-0.25, -0.2) is 18.2 Å². The lowest BCUT2D eigenvalue weighted by Gasteiger charge is -2.27. The summed E-state index contributed by atoms with van der Waals surface area (Å²) in [5, 5.41) is 1.56. The van der Waals surface area contributed by atoms with Gasteiger partial charge in [-0.1, -0.05) is 55.5 Å². The Labute approximate surface area is 288 Å². The number of aromatic nitrogens is 2. The molecule has 5 rings (SSSR count). The Kier molecular flexibility index (Phi) is 10.9. The van der Waals surface area contributed by atoms with Gasteiger partial charge in [-0.2, -0.15) is 4.99 Å². The highest BCUT2D eigenvalue weighted by Crippen LogP contribution is 2.34. The van der Waals surface area contributed by atoms with Gasteiger partial charge >= 0.3 is 6.09 Å². The van der Waals surface area contributed by atoms with E-state index in [0.29, 0.717) is 42.6 Å². The minimum atomic E-state index is -3.95. The average molecular weight is 684 g/mol. The number of nitrogens with two attached hydrogens (primary N) is 1. The van der Waals surface area contributed by atoms with Crippen LogP contribution in [0.15, 0.2) is 88.8 Å². The zero-order valence-electron chi connectivity index (χ0n) is 29.1. The van der Waals surface area contributed by atoms with Gasteiger partial charge in [0.25, 0.3) is 10.0 Å². The second-order valence-corrected chi connectivity index (χ2v) is 14.3. The molecule has 0 saturated carbocycles. The number of benzene rings is 4. The number of imidazole rings is 1. The normalized spacial score (nSPS) is 12.2. The molecule has 49 heavy (non-hydrogen) atoms. The van der Waals surface area contributed by atoms with E-state index in [9.17, 15) is 13.2 Å². The molecule has 0 atom stereocenters. The number of amidine groups is 1. The van der Waals surface area contributed by atoms with Crippen LogP contribution in [-0.4, -0.2) is 82.7 Å². The molecule has 0 aliphatic carbocycles. The molecular weight excluding hydrogens is 639 g/mol. The van der Waals surface area contributed by atoms with Crippen molar-refractivity contribution in [3.63, 3.8) is 0 Å². The third kappa shape index (κ3) is 7.87. The largest absolute Gasteiger partial charge is 0.448 e. The zero-order valence-corrected chi connectivity index (χ0v) is 29.9. The molecular formula is C37H45N7O4S. The number of rotatable bonds is 13. The van der Waals surface area contributed by atoms with Gasteiger partial charge in [0.15, 0.2) is 0 Å². The van der Waals surface area contributed by atoms with Crippen LogP contribution in [0.25, 0.3) is 21.8 Å². The highest BCUT2D eigenvalue weighted by Gasteiger charge is 2.28. The first-order chi connectivity index (χ1) is 23.4. The Morgan fingerprint density at radius 3 is 2.33 bits per heavy atom. The first-order valence-electron chi connectivity index (χ1n) is 16.3. The van der Waals surface area contributed by atoms with Crippen molar-refractivity contribution in [1.82, 2.24) is 14.5 Å². The zero-order chi connectivity index (χ0) is 35.3. The quantitative estimate of drug-likeness (QED) is 0.126.